The van der Waals surface area contributed by atoms with Crippen molar-refractivity contribution in [3.8, 4) is 0 Å². The molecule has 1 aliphatic heterocycles. The topological polar surface area (TPSA) is 60.7 Å². The molecule has 1 aliphatic rings. The molecule has 3 nitrogen and oxygen atoms in total. The van der Waals surface area contributed by atoms with Crippen LogP contribution in [0.5, 0.6) is 0 Å². The molecule has 1 saturated heterocycles. The van der Waals surface area contributed by atoms with Gasteiger partial charge < -0.3 is 15.3 Å². The highest BCUT2D eigenvalue weighted by molar-refractivity contribution is 8.10. The van der Waals surface area contributed by atoms with Crippen molar-refractivity contribution in [2.24, 2.45) is 0 Å². The highest BCUT2D eigenvalue weighted by atomic mass is 32.2. The molecule has 0 aliphatic carbocycles. The van der Waals surface area contributed by atoms with Crippen LogP contribution in [0.25, 0.3) is 0 Å². The van der Waals surface area contributed by atoms with Crippen molar-refractivity contribution in [2.45, 2.75) is 28.5 Å². The van der Waals surface area contributed by atoms with Crippen molar-refractivity contribution < 1.29 is 15.3 Å². The van der Waals surface area contributed by atoms with Gasteiger partial charge in [-0.15, -0.1) is 11.8 Å². The zero-order chi connectivity index (χ0) is 8.43. The smallest absolute Gasteiger partial charge is 0.0940 e. The van der Waals surface area contributed by atoms with E-state index < -0.39 is 12.2 Å². The summed E-state index contributed by atoms with van der Waals surface area (Å²) < 4.78 is 0.0190. The van der Waals surface area contributed by atoms with Crippen molar-refractivity contribution in [1.82, 2.24) is 0 Å². The molecule has 0 aromatic heterocycles. The van der Waals surface area contributed by atoms with Gasteiger partial charge in [0.2, 0.25) is 0 Å². The lowest BCUT2D eigenvalue weighted by Gasteiger charge is -2.33. The lowest BCUT2D eigenvalue weighted by Crippen LogP contribution is -2.43. The van der Waals surface area contributed by atoms with Crippen LogP contribution in [0.2, 0.25) is 0 Å². The minimum absolute atomic E-state index is 0.0190. The second-order valence-corrected chi connectivity index (χ2v) is 5.02. The van der Waals surface area contributed by atoms with Gasteiger partial charge in [-0.05, 0) is 6.42 Å². The number of hydrogen-bond donors (Lipinski definition) is 4. The van der Waals surface area contributed by atoms with Crippen molar-refractivity contribution >= 4 is 24.4 Å². The van der Waals surface area contributed by atoms with Gasteiger partial charge in [-0.1, -0.05) is 0 Å². The van der Waals surface area contributed by atoms with Crippen LogP contribution in [-0.4, -0.2) is 44.0 Å². The molecule has 11 heavy (non-hydrogen) atoms. The Hall–Kier alpha value is 0.580. The SMILES string of the molecule is OCC1S[C@H](S)CC(O)[C@@H]1O. The zero-order valence-electron chi connectivity index (χ0n) is 5.92. The van der Waals surface area contributed by atoms with Crippen molar-refractivity contribution in [3.05, 3.63) is 0 Å². The van der Waals surface area contributed by atoms with Gasteiger partial charge in [-0.2, -0.15) is 12.6 Å². The molecular formula is C6H12O3S2. The molecule has 0 spiro atoms. The van der Waals surface area contributed by atoms with E-state index in [9.17, 15) is 10.2 Å². The van der Waals surface area contributed by atoms with Gasteiger partial charge in [0.05, 0.1) is 28.6 Å². The summed E-state index contributed by atoms with van der Waals surface area (Å²) in [6, 6.07) is 0. The van der Waals surface area contributed by atoms with Crippen LogP contribution in [0.3, 0.4) is 0 Å². The Kier molecular flexibility index (Phi) is 3.52. The maximum Gasteiger partial charge on any atom is 0.0940 e. The summed E-state index contributed by atoms with van der Waals surface area (Å²) in [7, 11) is 0. The van der Waals surface area contributed by atoms with Crippen molar-refractivity contribution in [2.75, 3.05) is 6.61 Å². The molecule has 1 fully saturated rings. The highest BCUT2D eigenvalue weighted by Crippen LogP contribution is 2.33. The van der Waals surface area contributed by atoms with Crippen LogP contribution in [0.1, 0.15) is 6.42 Å². The van der Waals surface area contributed by atoms with E-state index in [1.54, 1.807) is 0 Å². The fourth-order valence-corrected chi connectivity index (χ4v) is 2.91. The van der Waals surface area contributed by atoms with Crippen molar-refractivity contribution in [1.29, 1.82) is 0 Å². The van der Waals surface area contributed by atoms with Crippen LogP contribution in [0, 0.1) is 0 Å². The average Bonchev–Trinajstić information content (AvgIpc) is 1.96. The quantitative estimate of drug-likeness (QED) is 0.426. The van der Waals surface area contributed by atoms with E-state index in [1.807, 2.05) is 0 Å². The molecule has 5 heteroatoms. The third kappa shape index (κ3) is 2.26. The minimum Gasteiger partial charge on any atom is -0.395 e. The first-order valence-corrected chi connectivity index (χ1v) is 4.91. The molecule has 0 bridgehead atoms. The van der Waals surface area contributed by atoms with Crippen LogP contribution < -0.4 is 0 Å². The number of aliphatic hydroxyl groups excluding tert-OH is 3. The van der Waals surface area contributed by atoms with Gasteiger partial charge in [0.15, 0.2) is 0 Å². The third-order valence-corrected chi connectivity index (χ3v) is 3.59. The van der Waals surface area contributed by atoms with E-state index in [4.69, 9.17) is 5.11 Å². The predicted octanol–water partition coefficient (Wildman–Crippen LogP) is -0.538. The first-order valence-electron chi connectivity index (χ1n) is 3.45. The standard InChI is InChI=1S/C6H12O3S2/c7-2-4-6(9)3(8)1-5(10)11-4/h3-10H,1-2H2/t3?,4?,5-,6-/m0/s1. The summed E-state index contributed by atoms with van der Waals surface area (Å²) in [5, 5.41) is 27.0. The summed E-state index contributed by atoms with van der Waals surface area (Å²) in [5.41, 5.74) is 0. The molecule has 66 valence electrons. The Labute approximate surface area is 75.2 Å². The Bertz CT molecular complexity index is 133. The molecule has 4 atom stereocenters. The molecule has 1 heterocycles. The zero-order valence-corrected chi connectivity index (χ0v) is 7.63. The summed E-state index contributed by atoms with van der Waals surface area (Å²) in [4.78, 5) is 0. The molecular weight excluding hydrogens is 184 g/mol. The maximum absolute atomic E-state index is 9.29. The number of thiol groups is 1. The van der Waals surface area contributed by atoms with Crippen LogP contribution in [-0.2, 0) is 0 Å². The van der Waals surface area contributed by atoms with Crippen LogP contribution in [0.4, 0.5) is 0 Å². The molecule has 0 aromatic rings. The Morgan fingerprint density at radius 1 is 1.45 bits per heavy atom. The van der Waals surface area contributed by atoms with Crippen LogP contribution >= 0.6 is 24.4 Å². The Balaban J connectivity index is 2.51. The normalized spacial score (nSPS) is 45.8. The Morgan fingerprint density at radius 3 is 2.64 bits per heavy atom. The molecule has 0 radical (unpaired) electrons. The number of thioether (sulfide) groups is 1. The fourth-order valence-electron chi connectivity index (χ4n) is 1.08. The van der Waals surface area contributed by atoms with Gasteiger partial charge in [0.25, 0.3) is 0 Å². The van der Waals surface area contributed by atoms with E-state index in [1.165, 1.54) is 11.8 Å². The van der Waals surface area contributed by atoms with Crippen molar-refractivity contribution in [3.63, 3.8) is 0 Å². The van der Waals surface area contributed by atoms with E-state index in [0.29, 0.717) is 6.42 Å². The van der Waals surface area contributed by atoms with Gasteiger partial charge in [-0.25, -0.2) is 0 Å². The summed E-state index contributed by atoms with van der Waals surface area (Å²) in [6.45, 7) is -0.111. The highest BCUT2D eigenvalue weighted by Gasteiger charge is 2.34. The first kappa shape index (κ1) is 9.67. The number of aliphatic hydroxyl groups is 3. The molecule has 2 unspecified atom stereocenters. The number of hydrogen-bond acceptors (Lipinski definition) is 5. The molecule has 0 aromatic carbocycles. The Morgan fingerprint density at radius 2 is 2.09 bits per heavy atom. The molecule has 3 N–H and O–H groups in total. The summed E-state index contributed by atoms with van der Waals surface area (Å²) in [6.07, 6.45) is -1.07. The second kappa shape index (κ2) is 4.00. The van der Waals surface area contributed by atoms with Crippen LogP contribution in [0.15, 0.2) is 0 Å². The molecule has 1 rings (SSSR count). The lowest BCUT2D eigenvalue weighted by atomic mass is 10.1. The van der Waals surface area contributed by atoms with Gasteiger partial charge in [-0.3, -0.25) is 0 Å². The largest absolute Gasteiger partial charge is 0.395 e. The fraction of sp³-hybridized carbons (Fsp3) is 1.00. The van der Waals surface area contributed by atoms with E-state index >= 15 is 0 Å². The minimum atomic E-state index is -0.812. The second-order valence-electron chi connectivity index (χ2n) is 2.61. The average molecular weight is 196 g/mol. The lowest BCUT2D eigenvalue weighted by molar-refractivity contribution is 0.00336. The summed E-state index contributed by atoms with van der Waals surface area (Å²) in [5.74, 6) is 0. The molecule has 0 amide bonds. The number of rotatable bonds is 1. The maximum atomic E-state index is 9.29. The first-order chi connectivity index (χ1) is 5.15. The molecule has 0 saturated carbocycles. The predicted molar refractivity (Wildman–Crippen MR) is 47.9 cm³/mol. The monoisotopic (exact) mass is 196 g/mol. The van der Waals surface area contributed by atoms with Gasteiger partial charge >= 0.3 is 0 Å². The van der Waals surface area contributed by atoms with Gasteiger partial charge in [0, 0.05) is 0 Å². The van der Waals surface area contributed by atoms with Gasteiger partial charge in [0.1, 0.15) is 0 Å². The van der Waals surface area contributed by atoms with E-state index in [0.717, 1.165) is 0 Å². The van der Waals surface area contributed by atoms with E-state index in [-0.39, 0.29) is 16.4 Å². The third-order valence-electron chi connectivity index (χ3n) is 1.73. The summed E-state index contributed by atoms with van der Waals surface area (Å²) >= 11 is 5.56. The van der Waals surface area contributed by atoms with E-state index in [2.05, 4.69) is 12.6 Å².